The van der Waals surface area contributed by atoms with Crippen molar-refractivity contribution in [1.82, 2.24) is 15.3 Å². The monoisotopic (exact) mass is 219 g/mol. The third-order valence-corrected chi connectivity index (χ3v) is 3.02. The molecule has 88 valence electrons. The molecule has 0 aliphatic carbocycles. The summed E-state index contributed by atoms with van der Waals surface area (Å²) in [7, 11) is 0. The molecule has 1 aromatic rings. The van der Waals surface area contributed by atoms with Gasteiger partial charge < -0.3 is 5.32 Å². The van der Waals surface area contributed by atoms with Crippen molar-refractivity contribution in [2.24, 2.45) is 0 Å². The Labute approximate surface area is 97.7 Å². The third-order valence-electron chi connectivity index (χ3n) is 3.02. The van der Waals surface area contributed by atoms with E-state index in [2.05, 4.69) is 31.1 Å². The molecule has 0 bridgehead atoms. The lowest BCUT2D eigenvalue weighted by atomic mass is 9.95. The molecule has 16 heavy (non-hydrogen) atoms. The molecule has 1 unspecified atom stereocenters. The van der Waals surface area contributed by atoms with Crippen molar-refractivity contribution in [3.8, 4) is 0 Å². The number of piperidine rings is 1. The van der Waals surface area contributed by atoms with Crippen molar-refractivity contribution >= 4 is 0 Å². The van der Waals surface area contributed by atoms with Gasteiger partial charge in [-0.05, 0) is 25.5 Å². The Morgan fingerprint density at radius 3 is 2.75 bits per heavy atom. The average molecular weight is 219 g/mol. The lowest BCUT2D eigenvalue weighted by Crippen LogP contribution is -2.28. The van der Waals surface area contributed by atoms with E-state index in [0.29, 0.717) is 6.04 Å². The van der Waals surface area contributed by atoms with Gasteiger partial charge >= 0.3 is 0 Å². The van der Waals surface area contributed by atoms with Crippen molar-refractivity contribution < 1.29 is 0 Å². The lowest BCUT2D eigenvalue weighted by Gasteiger charge is -2.24. The minimum Gasteiger partial charge on any atom is -0.309 e. The van der Waals surface area contributed by atoms with Gasteiger partial charge in [0.1, 0.15) is 5.82 Å². The molecule has 0 amide bonds. The van der Waals surface area contributed by atoms with Crippen LogP contribution >= 0.6 is 0 Å². The van der Waals surface area contributed by atoms with Crippen LogP contribution < -0.4 is 5.32 Å². The fourth-order valence-corrected chi connectivity index (χ4v) is 2.03. The van der Waals surface area contributed by atoms with Gasteiger partial charge in [-0.1, -0.05) is 27.2 Å². The summed E-state index contributed by atoms with van der Waals surface area (Å²) in [6, 6.07) is 2.47. The van der Waals surface area contributed by atoms with Gasteiger partial charge in [0.05, 0.1) is 5.69 Å². The van der Waals surface area contributed by atoms with Crippen molar-refractivity contribution in [1.29, 1.82) is 0 Å². The maximum atomic E-state index is 4.69. The number of hydrogen-bond acceptors (Lipinski definition) is 3. The number of aromatic nitrogens is 2. The van der Waals surface area contributed by atoms with Crippen LogP contribution in [0.3, 0.4) is 0 Å². The van der Waals surface area contributed by atoms with Gasteiger partial charge in [-0.2, -0.15) is 0 Å². The first-order valence-corrected chi connectivity index (χ1v) is 6.14. The van der Waals surface area contributed by atoms with Crippen LogP contribution in [0, 0.1) is 0 Å². The Morgan fingerprint density at radius 1 is 1.31 bits per heavy atom. The fraction of sp³-hybridized carbons (Fsp3) is 0.692. The second kappa shape index (κ2) is 4.50. The highest BCUT2D eigenvalue weighted by atomic mass is 15.0. The van der Waals surface area contributed by atoms with Crippen molar-refractivity contribution in [2.75, 3.05) is 6.54 Å². The van der Waals surface area contributed by atoms with E-state index < -0.39 is 0 Å². The second-order valence-electron chi connectivity index (χ2n) is 5.56. The first-order valence-electron chi connectivity index (χ1n) is 6.14. The van der Waals surface area contributed by atoms with Gasteiger partial charge in [0, 0.05) is 17.7 Å². The van der Waals surface area contributed by atoms with Crippen LogP contribution in [0.25, 0.3) is 0 Å². The van der Waals surface area contributed by atoms with Crippen LogP contribution in [0.1, 0.15) is 57.6 Å². The third kappa shape index (κ3) is 2.59. The summed E-state index contributed by atoms with van der Waals surface area (Å²) in [4.78, 5) is 9.06. The number of rotatable bonds is 1. The van der Waals surface area contributed by atoms with Crippen LogP contribution in [-0.4, -0.2) is 16.5 Å². The summed E-state index contributed by atoms with van der Waals surface area (Å²) in [5, 5.41) is 3.52. The lowest BCUT2D eigenvalue weighted by molar-refractivity contribution is 0.401. The Bertz CT molecular complexity index is 348. The molecule has 1 aliphatic heterocycles. The number of nitrogens with one attached hydrogen (secondary N) is 1. The minimum atomic E-state index is 0.0324. The molecule has 2 heterocycles. The topological polar surface area (TPSA) is 37.8 Å². The van der Waals surface area contributed by atoms with Crippen molar-refractivity contribution in [2.45, 2.75) is 51.5 Å². The zero-order chi connectivity index (χ0) is 11.6. The predicted molar refractivity (Wildman–Crippen MR) is 65.3 cm³/mol. The maximum Gasteiger partial charge on any atom is 0.133 e. The molecule has 0 spiro atoms. The van der Waals surface area contributed by atoms with E-state index >= 15 is 0 Å². The van der Waals surface area contributed by atoms with Crippen molar-refractivity contribution in [3.05, 3.63) is 23.8 Å². The van der Waals surface area contributed by atoms with Crippen LogP contribution in [0.15, 0.2) is 12.3 Å². The van der Waals surface area contributed by atoms with E-state index in [-0.39, 0.29) is 5.41 Å². The molecule has 1 saturated heterocycles. The summed E-state index contributed by atoms with van der Waals surface area (Å²) >= 11 is 0. The molecule has 1 fully saturated rings. The molecule has 2 rings (SSSR count). The summed E-state index contributed by atoms with van der Waals surface area (Å²) in [5.74, 6) is 0.942. The summed E-state index contributed by atoms with van der Waals surface area (Å²) in [6.45, 7) is 7.57. The minimum absolute atomic E-state index is 0.0324. The smallest absolute Gasteiger partial charge is 0.133 e. The molecule has 1 aliphatic rings. The first-order chi connectivity index (χ1) is 7.57. The van der Waals surface area contributed by atoms with E-state index in [1.807, 2.05) is 12.3 Å². The Kier molecular flexibility index (Phi) is 3.24. The van der Waals surface area contributed by atoms with Crippen molar-refractivity contribution in [3.63, 3.8) is 0 Å². The van der Waals surface area contributed by atoms with Crippen LogP contribution in [-0.2, 0) is 5.41 Å². The second-order valence-corrected chi connectivity index (χ2v) is 5.56. The van der Waals surface area contributed by atoms with Gasteiger partial charge in [0.15, 0.2) is 0 Å². The van der Waals surface area contributed by atoms with E-state index in [1.54, 1.807) is 0 Å². The molecule has 0 saturated carbocycles. The van der Waals surface area contributed by atoms with Gasteiger partial charge in [0.2, 0.25) is 0 Å². The molecular formula is C13H21N3. The SMILES string of the molecule is CC(C)(C)c1nccc(C2CCCCN2)n1. The van der Waals surface area contributed by atoms with E-state index in [9.17, 15) is 0 Å². The molecule has 3 heteroatoms. The van der Waals surface area contributed by atoms with Gasteiger partial charge in [-0.25, -0.2) is 9.97 Å². The zero-order valence-electron chi connectivity index (χ0n) is 10.5. The molecule has 1 atom stereocenters. The van der Waals surface area contributed by atoms with Gasteiger partial charge in [-0.15, -0.1) is 0 Å². The highest BCUT2D eigenvalue weighted by Crippen LogP contribution is 2.23. The molecular weight excluding hydrogens is 198 g/mol. The van der Waals surface area contributed by atoms with E-state index in [0.717, 1.165) is 18.1 Å². The summed E-state index contributed by atoms with van der Waals surface area (Å²) < 4.78 is 0. The molecule has 1 N–H and O–H groups in total. The molecule has 1 aromatic heterocycles. The maximum absolute atomic E-state index is 4.69. The number of hydrogen-bond donors (Lipinski definition) is 1. The standard InChI is InChI=1S/C13H21N3/c1-13(2,3)12-15-9-7-11(16-12)10-6-4-5-8-14-10/h7,9-10,14H,4-6,8H2,1-3H3. The highest BCUT2D eigenvalue weighted by Gasteiger charge is 2.21. The normalized spacial score (nSPS) is 22.1. The Balaban J connectivity index is 2.21. The molecule has 0 aromatic carbocycles. The Morgan fingerprint density at radius 2 is 2.12 bits per heavy atom. The predicted octanol–water partition coefficient (Wildman–Crippen LogP) is 2.59. The molecule has 3 nitrogen and oxygen atoms in total. The molecule has 0 radical (unpaired) electrons. The first kappa shape index (κ1) is 11.5. The summed E-state index contributed by atoms with van der Waals surface area (Å²) in [6.07, 6.45) is 5.67. The van der Waals surface area contributed by atoms with Gasteiger partial charge in [0.25, 0.3) is 0 Å². The average Bonchev–Trinajstić information content (AvgIpc) is 2.29. The summed E-state index contributed by atoms with van der Waals surface area (Å²) in [5.41, 5.74) is 1.18. The quantitative estimate of drug-likeness (QED) is 0.789. The zero-order valence-corrected chi connectivity index (χ0v) is 10.5. The van der Waals surface area contributed by atoms with E-state index in [1.165, 1.54) is 19.3 Å². The fourth-order valence-electron chi connectivity index (χ4n) is 2.03. The van der Waals surface area contributed by atoms with Crippen LogP contribution in [0.2, 0.25) is 0 Å². The number of nitrogens with zero attached hydrogens (tertiary/aromatic N) is 2. The van der Waals surface area contributed by atoms with E-state index in [4.69, 9.17) is 4.98 Å². The van der Waals surface area contributed by atoms with Crippen LogP contribution in [0.5, 0.6) is 0 Å². The van der Waals surface area contributed by atoms with Crippen LogP contribution in [0.4, 0.5) is 0 Å². The highest BCUT2D eigenvalue weighted by molar-refractivity contribution is 5.12. The van der Waals surface area contributed by atoms with Gasteiger partial charge in [-0.3, -0.25) is 0 Å². The Hall–Kier alpha value is -0.960. The largest absolute Gasteiger partial charge is 0.309 e.